The van der Waals surface area contributed by atoms with Crippen molar-refractivity contribution >= 4 is 23.1 Å². The largest absolute Gasteiger partial charge is 0.504 e. The fraction of sp³-hybridized carbons (Fsp3) is 0.0556. The Balaban J connectivity index is 1.90. The van der Waals surface area contributed by atoms with E-state index >= 15 is 0 Å². The summed E-state index contributed by atoms with van der Waals surface area (Å²) in [6, 6.07) is 17.3. The van der Waals surface area contributed by atoms with Gasteiger partial charge in [-0.1, -0.05) is 36.4 Å². The molecule has 1 N–H and O–H groups in total. The fourth-order valence-electron chi connectivity index (χ4n) is 2.15. The zero-order chi connectivity index (χ0) is 14.7. The number of ether oxygens (including phenoxy) is 1. The van der Waals surface area contributed by atoms with Crippen LogP contribution in [0.1, 0.15) is 11.3 Å². The van der Waals surface area contributed by atoms with Gasteiger partial charge in [0.05, 0.1) is 18.3 Å². The number of phenolic OH excluding ortho intramolecular Hbond substituents is 1. The topological polar surface area (TPSA) is 42.4 Å². The van der Waals surface area contributed by atoms with Gasteiger partial charge in [0.1, 0.15) is 0 Å². The Morgan fingerprint density at radius 2 is 1.86 bits per heavy atom. The summed E-state index contributed by atoms with van der Waals surface area (Å²) in [4.78, 5) is 4.58. The molecule has 3 rings (SSSR count). The number of rotatable bonds is 3. The van der Waals surface area contributed by atoms with Crippen LogP contribution in [0.15, 0.2) is 54.6 Å². The second-order valence-electron chi connectivity index (χ2n) is 4.69. The van der Waals surface area contributed by atoms with E-state index < -0.39 is 0 Å². The number of benzene rings is 2. The molecule has 0 saturated carbocycles. The lowest BCUT2D eigenvalue weighted by molar-refractivity contribution is 0.373. The van der Waals surface area contributed by atoms with Crippen molar-refractivity contribution in [3.8, 4) is 11.5 Å². The maximum absolute atomic E-state index is 9.58. The first-order valence-corrected chi connectivity index (χ1v) is 6.67. The number of para-hydroxylation sites is 1. The number of aromatic hydroxyl groups is 1. The molecule has 0 aliphatic heterocycles. The fourth-order valence-corrected chi connectivity index (χ4v) is 2.15. The monoisotopic (exact) mass is 277 g/mol. The molecule has 2 aromatic carbocycles. The van der Waals surface area contributed by atoms with Crippen molar-refractivity contribution in [3.63, 3.8) is 0 Å². The van der Waals surface area contributed by atoms with Crippen molar-refractivity contribution in [2.45, 2.75) is 0 Å². The van der Waals surface area contributed by atoms with Crippen LogP contribution < -0.4 is 4.74 Å². The summed E-state index contributed by atoms with van der Waals surface area (Å²) in [6.45, 7) is 0. The molecular formula is C18H15NO2. The highest BCUT2D eigenvalue weighted by atomic mass is 16.5. The van der Waals surface area contributed by atoms with Crippen LogP contribution in [0.4, 0.5) is 0 Å². The zero-order valence-corrected chi connectivity index (χ0v) is 11.7. The Hall–Kier alpha value is -2.81. The molecule has 1 heterocycles. The van der Waals surface area contributed by atoms with E-state index in [2.05, 4.69) is 11.1 Å². The molecule has 0 unspecified atom stereocenters. The molecule has 3 nitrogen and oxygen atoms in total. The number of pyridine rings is 1. The van der Waals surface area contributed by atoms with E-state index in [-0.39, 0.29) is 5.75 Å². The van der Waals surface area contributed by atoms with Crippen molar-refractivity contribution in [2.75, 3.05) is 7.11 Å². The lowest BCUT2D eigenvalue weighted by Gasteiger charge is -2.03. The molecule has 104 valence electrons. The molecule has 0 bridgehead atoms. The molecule has 0 atom stereocenters. The number of phenols is 1. The van der Waals surface area contributed by atoms with E-state index in [0.717, 1.165) is 22.2 Å². The molecule has 0 aliphatic carbocycles. The maximum Gasteiger partial charge on any atom is 0.161 e. The van der Waals surface area contributed by atoms with Crippen molar-refractivity contribution in [1.82, 2.24) is 4.98 Å². The number of hydrogen-bond donors (Lipinski definition) is 1. The van der Waals surface area contributed by atoms with Gasteiger partial charge in [-0.2, -0.15) is 0 Å². The predicted octanol–water partition coefficient (Wildman–Crippen LogP) is 4.12. The van der Waals surface area contributed by atoms with E-state index in [1.807, 2.05) is 48.6 Å². The van der Waals surface area contributed by atoms with Crippen LogP contribution in [-0.4, -0.2) is 17.2 Å². The van der Waals surface area contributed by atoms with Crippen molar-refractivity contribution < 1.29 is 9.84 Å². The molecule has 0 saturated heterocycles. The summed E-state index contributed by atoms with van der Waals surface area (Å²) >= 11 is 0. The van der Waals surface area contributed by atoms with Crippen LogP contribution in [0.25, 0.3) is 23.1 Å². The van der Waals surface area contributed by atoms with E-state index in [9.17, 15) is 5.11 Å². The number of aromatic nitrogens is 1. The zero-order valence-electron chi connectivity index (χ0n) is 11.7. The minimum absolute atomic E-state index is 0.137. The normalized spacial score (nSPS) is 11.1. The van der Waals surface area contributed by atoms with Crippen molar-refractivity contribution in [1.29, 1.82) is 0 Å². The van der Waals surface area contributed by atoms with Crippen LogP contribution in [0, 0.1) is 0 Å². The van der Waals surface area contributed by atoms with E-state index in [1.54, 1.807) is 12.1 Å². The van der Waals surface area contributed by atoms with Crippen LogP contribution in [0.2, 0.25) is 0 Å². The Bertz CT molecular complexity index is 809. The summed E-state index contributed by atoms with van der Waals surface area (Å²) in [5.41, 5.74) is 2.81. The van der Waals surface area contributed by atoms with Gasteiger partial charge < -0.3 is 9.84 Å². The van der Waals surface area contributed by atoms with Crippen molar-refractivity contribution in [2.24, 2.45) is 0 Å². The van der Waals surface area contributed by atoms with Gasteiger partial charge in [-0.15, -0.1) is 0 Å². The molecule has 0 spiro atoms. The SMILES string of the molecule is COc1cc(/C=C/c2ccc3ccccc3n2)ccc1O. The second-order valence-corrected chi connectivity index (χ2v) is 4.69. The average Bonchev–Trinajstić information content (AvgIpc) is 2.54. The highest BCUT2D eigenvalue weighted by molar-refractivity contribution is 5.80. The van der Waals surface area contributed by atoms with Gasteiger partial charge in [-0.3, -0.25) is 0 Å². The highest BCUT2D eigenvalue weighted by Gasteiger charge is 2.00. The summed E-state index contributed by atoms with van der Waals surface area (Å²) in [6.07, 6.45) is 3.89. The van der Waals surface area contributed by atoms with Crippen LogP contribution in [0.5, 0.6) is 11.5 Å². The first-order chi connectivity index (χ1) is 10.3. The van der Waals surface area contributed by atoms with Gasteiger partial charge in [0, 0.05) is 5.39 Å². The number of methoxy groups -OCH3 is 1. The Labute approximate surface area is 123 Å². The van der Waals surface area contributed by atoms with Crippen LogP contribution in [0.3, 0.4) is 0 Å². The van der Waals surface area contributed by atoms with Gasteiger partial charge in [-0.05, 0) is 35.9 Å². The Morgan fingerprint density at radius 3 is 2.71 bits per heavy atom. The molecule has 3 heteroatoms. The predicted molar refractivity (Wildman–Crippen MR) is 85.3 cm³/mol. The lowest BCUT2D eigenvalue weighted by Crippen LogP contribution is -1.85. The number of hydrogen-bond acceptors (Lipinski definition) is 3. The molecule has 0 amide bonds. The smallest absolute Gasteiger partial charge is 0.161 e. The third kappa shape index (κ3) is 2.87. The lowest BCUT2D eigenvalue weighted by atomic mass is 10.1. The number of nitrogens with zero attached hydrogens (tertiary/aromatic N) is 1. The molecule has 21 heavy (non-hydrogen) atoms. The third-order valence-corrected chi connectivity index (χ3v) is 3.27. The van der Waals surface area contributed by atoms with Gasteiger partial charge in [0.15, 0.2) is 11.5 Å². The molecule has 0 fully saturated rings. The Kier molecular flexibility index (Phi) is 3.56. The first-order valence-electron chi connectivity index (χ1n) is 6.67. The van der Waals surface area contributed by atoms with Gasteiger partial charge in [0.25, 0.3) is 0 Å². The summed E-state index contributed by atoms with van der Waals surface area (Å²) in [7, 11) is 1.54. The van der Waals surface area contributed by atoms with Gasteiger partial charge in [-0.25, -0.2) is 4.98 Å². The standard InChI is InChI=1S/C18H15NO2/c1-21-18-12-13(7-11-17(18)20)6-9-15-10-8-14-4-2-3-5-16(14)19-15/h2-12,20H,1H3/b9-6+. The first kappa shape index (κ1) is 13.2. The van der Waals surface area contributed by atoms with E-state index in [1.165, 1.54) is 7.11 Å². The van der Waals surface area contributed by atoms with Gasteiger partial charge >= 0.3 is 0 Å². The average molecular weight is 277 g/mol. The summed E-state index contributed by atoms with van der Waals surface area (Å²) in [5, 5.41) is 10.7. The second kappa shape index (κ2) is 5.67. The van der Waals surface area contributed by atoms with Crippen LogP contribution >= 0.6 is 0 Å². The van der Waals surface area contributed by atoms with E-state index in [0.29, 0.717) is 5.75 Å². The third-order valence-electron chi connectivity index (χ3n) is 3.27. The molecule has 0 aliphatic rings. The minimum atomic E-state index is 0.137. The summed E-state index contributed by atoms with van der Waals surface area (Å²) in [5.74, 6) is 0.599. The number of fused-ring (bicyclic) bond motifs is 1. The van der Waals surface area contributed by atoms with Gasteiger partial charge in [0.2, 0.25) is 0 Å². The molecular weight excluding hydrogens is 262 g/mol. The molecule has 3 aromatic rings. The highest BCUT2D eigenvalue weighted by Crippen LogP contribution is 2.27. The van der Waals surface area contributed by atoms with E-state index in [4.69, 9.17) is 4.74 Å². The molecule has 0 radical (unpaired) electrons. The quantitative estimate of drug-likeness (QED) is 0.783. The van der Waals surface area contributed by atoms with Crippen LogP contribution in [-0.2, 0) is 0 Å². The maximum atomic E-state index is 9.58. The minimum Gasteiger partial charge on any atom is -0.504 e. The van der Waals surface area contributed by atoms with Crippen molar-refractivity contribution in [3.05, 3.63) is 65.9 Å². The molecule has 1 aromatic heterocycles. The Morgan fingerprint density at radius 1 is 1.00 bits per heavy atom. The summed E-state index contributed by atoms with van der Waals surface area (Å²) < 4.78 is 5.10.